The second-order valence-corrected chi connectivity index (χ2v) is 6.46. The minimum Gasteiger partial charge on any atom is -0.494 e. The summed E-state index contributed by atoms with van der Waals surface area (Å²) in [5.41, 5.74) is 2.31. The van der Waals surface area contributed by atoms with Crippen LogP contribution in [0.4, 0.5) is 0 Å². The summed E-state index contributed by atoms with van der Waals surface area (Å²) in [7, 11) is 1.37. The average Bonchev–Trinajstić information content (AvgIpc) is 2.72. The van der Waals surface area contributed by atoms with Crippen LogP contribution in [0.15, 0.2) is 48.5 Å². The molecule has 2 aromatic rings. The van der Waals surface area contributed by atoms with Crippen LogP contribution in [-0.4, -0.2) is 19.7 Å². The van der Waals surface area contributed by atoms with Crippen LogP contribution in [-0.2, 0) is 4.74 Å². The van der Waals surface area contributed by atoms with Crippen molar-refractivity contribution in [1.29, 1.82) is 0 Å². The first-order chi connectivity index (χ1) is 13.2. The highest BCUT2D eigenvalue weighted by Crippen LogP contribution is 2.13. The zero-order valence-electron chi connectivity index (χ0n) is 16.3. The predicted octanol–water partition coefficient (Wildman–Crippen LogP) is 5.61. The number of hydrogen-bond donors (Lipinski definition) is 0. The minimum atomic E-state index is -0.342. The molecular weight excluding hydrogens is 336 g/mol. The van der Waals surface area contributed by atoms with E-state index in [9.17, 15) is 4.79 Å². The third-order valence-electron chi connectivity index (χ3n) is 4.28. The van der Waals surface area contributed by atoms with Gasteiger partial charge in [0.15, 0.2) is 0 Å². The maximum atomic E-state index is 11.4. The number of methoxy groups -OCH3 is 1. The highest BCUT2D eigenvalue weighted by Gasteiger charge is 2.03. The molecule has 0 fully saturated rings. The molecule has 0 saturated carbocycles. The number of ether oxygens (including phenoxy) is 2. The molecule has 0 aliphatic heterocycles. The Labute approximate surface area is 162 Å². The molecule has 0 heterocycles. The van der Waals surface area contributed by atoms with Crippen molar-refractivity contribution in [2.45, 2.75) is 45.4 Å². The molecular formula is C24H28O3. The molecule has 3 heteroatoms. The monoisotopic (exact) mass is 364 g/mol. The van der Waals surface area contributed by atoms with Gasteiger partial charge in [0, 0.05) is 11.1 Å². The molecule has 0 amide bonds. The van der Waals surface area contributed by atoms with Crippen LogP contribution in [0.1, 0.15) is 66.9 Å². The molecule has 3 nitrogen and oxygen atoms in total. The molecule has 0 saturated heterocycles. The topological polar surface area (TPSA) is 35.5 Å². The first-order valence-corrected chi connectivity index (χ1v) is 9.66. The number of hydrogen-bond acceptors (Lipinski definition) is 3. The van der Waals surface area contributed by atoms with Crippen LogP contribution in [0.25, 0.3) is 0 Å². The lowest BCUT2D eigenvalue weighted by atomic mass is 10.1. The molecule has 0 aromatic heterocycles. The maximum absolute atomic E-state index is 11.4. The Morgan fingerprint density at radius 3 is 1.96 bits per heavy atom. The highest BCUT2D eigenvalue weighted by molar-refractivity contribution is 5.89. The number of benzene rings is 2. The van der Waals surface area contributed by atoms with Crippen molar-refractivity contribution in [3.63, 3.8) is 0 Å². The maximum Gasteiger partial charge on any atom is 0.337 e. The molecule has 142 valence electrons. The quantitative estimate of drug-likeness (QED) is 0.329. The SMILES string of the molecule is CCCCCCCCOc1ccc(C#Cc2ccc(C(=O)OC)cc2)cc1. The fraction of sp³-hybridized carbons (Fsp3) is 0.375. The van der Waals surface area contributed by atoms with Crippen LogP contribution in [0.2, 0.25) is 0 Å². The van der Waals surface area contributed by atoms with E-state index in [1.54, 1.807) is 12.1 Å². The van der Waals surface area contributed by atoms with E-state index >= 15 is 0 Å². The van der Waals surface area contributed by atoms with Gasteiger partial charge in [0.1, 0.15) is 5.75 Å². The first kappa shape index (κ1) is 20.6. The Morgan fingerprint density at radius 1 is 0.815 bits per heavy atom. The summed E-state index contributed by atoms with van der Waals surface area (Å²) in [6.45, 7) is 3.00. The number of rotatable bonds is 9. The molecule has 27 heavy (non-hydrogen) atoms. The Morgan fingerprint density at radius 2 is 1.37 bits per heavy atom. The summed E-state index contributed by atoms with van der Waals surface area (Å²) >= 11 is 0. The van der Waals surface area contributed by atoms with Crippen LogP contribution in [0.5, 0.6) is 5.75 Å². The third kappa shape index (κ3) is 7.58. The second-order valence-electron chi connectivity index (χ2n) is 6.46. The van der Waals surface area contributed by atoms with Gasteiger partial charge in [-0.05, 0) is 55.0 Å². The molecule has 0 aliphatic rings. The van der Waals surface area contributed by atoms with E-state index in [1.807, 2.05) is 36.4 Å². The van der Waals surface area contributed by atoms with Crippen LogP contribution < -0.4 is 4.74 Å². The Bertz CT molecular complexity index is 749. The lowest BCUT2D eigenvalue weighted by Crippen LogP contribution is -2.00. The van der Waals surface area contributed by atoms with E-state index < -0.39 is 0 Å². The molecule has 0 radical (unpaired) electrons. The van der Waals surface area contributed by atoms with Crippen molar-refractivity contribution in [3.05, 3.63) is 65.2 Å². The summed E-state index contributed by atoms with van der Waals surface area (Å²) < 4.78 is 10.5. The van der Waals surface area contributed by atoms with Crippen molar-refractivity contribution in [2.24, 2.45) is 0 Å². The number of esters is 1. The average molecular weight is 364 g/mol. The molecule has 2 aromatic carbocycles. The molecule has 0 atom stereocenters. The van der Waals surface area contributed by atoms with Gasteiger partial charge < -0.3 is 9.47 Å². The Kier molecular flexibility index (Phi) is 9.00. The summed E-state index contributed by atoms with van der Waals surface area (Å²) in [4.78, 5) is 11.4. The van der Waals surface area contributed by atoms with Gasteiger partial charge in [-0.1, -0.05) is 50.9 Å². The smallest absolute Gasteiger partial charge is 0.337 e. The fourth-order valence-corrected chi connectivity index (χ4v) is 2.66. The molecule has 0 N–H and O–H groups in total. The Balaban J connectivity index is 1.79. The van der Waals surface area contributed by atoms with E-state index in [-0.39, 0.29) is 5.97 Å². The van der Waals surface area contributed by atoms with Gasteiger partial charge in [-0.25, -0.2) is 4.79 Å². The van der Waals surface area contributed by atoms with Crippen LogP contribution in [0, 0.1) is 11.8 Å². The van der Waals surface area contributed by atoms with E-state index in [0.29, 0.717) is 5.56 Å². The number of unbranched alkanes of at least 4 members (excludes halogenated alkanes) is 5. The van der Waals surface area contributed by atoms with Crippen molar-refractivity contribution in [3.8, 4) is 17.6 Å². The largest absolute Gasteiger partial charge is 0.494 e. The standard InChI is InChI=1S/C24H28O3/c1-3-4-5-6-7-8-19-27-23-17-13-21(14-18-23)10-9-20-11-15-22(16-12-20)24(25)26-2/h11-18H,3-8,19H2,1-2H3. The highest BCUT2D eigenvalue weighted by atomic mass is 16.5. The summed E-state index contributed by atoms with van der Waals surface area (Å²) in [5.74, 6) is 6.77. The lowest BCUT2D eigenvalue weighted by molar-refractivity contribution is 0.0600. The van der Waals surface area contributed by atoms with Crippen LogP contribution in [0.3, 0.4) is 0 Å². The van der Waals surface area contributed by atoms with Gasteiger partial charge in [-0.3, -0.25) is 0 Å². The molecule has 0 spiro atoms. The minimum absolute atomic E-state index is 0.342. The summed E-state index contributed by atoms with van der Waals surface area (Å²) in [5, 5.41) is 0. The zero-order chi connectivity index (χ0) is 19.3. The van der Waals surface area contributed by atoms with Gasteiger partial charge in [0.25, 0.3) is 0 Å². The number of carbonyl (C=O) groups excluding carboxylic acids is 1. The molecule has 2 rings (SSSR count). The molecule has 0 bridgehead atoms. The van der Waals surface area contributed by atoms with Gasteiger partial charge >= 0.3 is 5.97 Å². The van der Waals surface area contributed by atoms with E-state index in [4.69, 9.17) is 4.74 Å². The van der Waals surface area contributed by atoms with Gasteiger partial charge in [-0.15, -0.1) is 0 Å². The van der Waals surface area contributed by atoms with Crippen molar-refractivity contribution < 1.29 is 14.3 Å². The fourth-order valence-electron chi connectivity index (χ4n) is 2.66. The summed E-state index contributed by atoms with van der Waals surface area (Å²) in [6, 6.07) is 14.9. The van der Waals surface area contributed by atoms with Gasteiger partial charge in [0.2, 0.25) is 0 Å². The first-order valence-electron chi connectivity index (χ1n) is 9.66. The zero-order valence-corrected chi connectivity index (χ0v) is 16.3. The van der Waals surface area contributed by atoms with Crippen molar-refractivity contribution >= 4 is 5.97 Å². The lowest BCUT2D eigenvalue weighted by Gasteiger charge is -2.06. The van der Waals surface area contributed by atoms with Gasteiger partial charge in [-0.2, -0.15) is 0 Å². The predicted molar refractivity (Wildman–Crippen MR) is 109 cm³/mol. The van der Waals surface area contributed by atoms with Crippen LogP contribution >= 0.6 is 0 Å². The Hall–Kier alpha value is -2.73. The second kappa shape index (κ2) is 11.8. The number of carbonyl (C=O) groups is 1. The van der Waals surface area contributed by atoms with E-state index in [1.165, 1.54) is 39.2 Å². The van der Waals surface area contributed by atoms with Crippen molar-refractivity contribution in [1.82, 2.24) is 0 Å². The van der Waals surface area contributed by atoms with Gasteiger partial charge in [0.05, 0.1) is 19.3 Å². The van der Waals surface area contributed by atoms with E-state index in [2.05, 4.69) is 23.5 Å². The molecule has 0 unspecified atom stereocenters. The van der Waals surface area contributed by atoms with Crippen molar-refractivity contribution in [2.75, 3.05) is 13.7 Å². The van der Waals surface area contributed by atoms with E-state index in [0.717, 1.165) is 29.9 Å². The molecule has 0 aliphatic carbocycles. The summed E-state index contributed by atoms with van der Waals surface area (Å²) in [6.07, 6.45) is 7.58. The normalized spacial score (nSPS) is 10.0. The third-order valence-corrected chi connectivity index (χ3v) is 4.28.